The summed E-state index contributed by atoms with van der Waals surface area (Å²) < 4.78 is 5.53. The fraction of sp³-hybridized carbons (Fsp3) is 1.00. The second-order valence-corrected chi connectivity index (χ2v) is 7.71. The van der Waals surface area contributed by atoms with Crippen molar-refractivity contribution in [2.24, 2.45) is 28.1 Å². The van der Waals surface area contributed by atoms with Crippen LogP contribution in [0.25, 0.3) is 0 Å². The van der Waals surface area contributed by atoms with Crippen LogP contribution in [0.15, 0.2) is 0 Å². The van der Waals surface area contributed by atoms with Crippen molar-refractivity contribution in [3.05, 3.63) is 0 Å². The minimum atomic E-state index is -0.524. The molecule has 0 aromatic heterocycles. The summed E-state index contributed by atoms with van der Waals surface area (Å²) in [5.74, 6) is 0.931. The second kappa shape index (κ2) is 3.27. The number of aliphatic hydroxyl groups excluding tert-OH is 1. The summed E-state index contributed by atoms with van der Waals surface area (Å²) >= 11 is 0. The second-order valence-electron chi connectivity index (χ2n) is 7.71. The number of ether oxygens (including phenoxy) is 1. The molecule has 0 bridgehead atoms. The molecule has 0 aromatic rings. The van der Waals surface area contributed by atoms with Gasteiger partial charge in [0.15, 0.2) is 6.29 Å². The van der Waals surface area contributed by atoms with E-state index in [0.717, 1.165) is 6.61 Å². The van der Waals surface area contributed by atoms with Gasteiger partial charge in [-0.3, -0.25) is 0 Å². The molecule has 3 aliphatic rings. The van der Waals surface area contributed by atoms with Gasteiger partial charge in [-0.15, -0.1) is 0 Å². The van der Waals surface area contributed by atoms with E-state index in [4.69, 9.17) is 4.74 Å². The molecule has 17 heavy (non-hydrogen) atoms. The Morgan fingerprint density at radius 1 is 1.12 bits per heavy atom. The molecule has 1 N–H and O–H groups in total. The van der Waals surface area contributed by atoms with Crippen LogP contribution in [0.4, 0.5) is 0 Å². The highest BCUT2D eigenvalue weighted by molar-refractivity contribution is 5.15. The Balaban J connectivity index is 2.09. The maximum Gasteiger partial charge on any atom is 0.158 e. The Kier molecular flexibility index (Phi) is 2.30. The van der Waals surface area contributed by atoms with Crippen LogP contribution in [0, 0.1) is 28.1 Å². The summed E-state index contributed by atoms with van der Waals surface area (Å²) in [6.45, 7) is 10.5. The van der Waals surface area contributed by atoms with Crippen LogP contribution >= 0.6 is 0 Å². The molecule has 2 aliphatic carbocycles. The molecule has 0 radical (unpaired) electrons. The Hall–Kier alpha value is -0.0800. The molecule has 0 unspecified atom stereocenters. The summed E-state index contributed by atoms with van der Waals surface area (Å²) in [5, 5.41) is 10.2. The Morgan fingerprint density at radius 2 is 1.82 bits per heavy atom. The summed E-state index contributed by atoms with van der Waals surface area (Å²) in [4.78, 5) is 0. The molecule has 3 fully saturated rings. The molecule has 3 rings (SSSR count). The standard InChI is InChI=1S/C15H26O2/c1-13(2)6-5-7-14(3)8-10-9-17-12(16)11(10)15(13,14)4/h10-12,16H,5-9H2,1-4H3/t10-,11-,12-,14+,15+/m0/s1. The third-order valence-electron chi connectivity index (χ3n) is 6.87. The fourth-order valence-electron chi connectivity index (χ4n) is 5.61. The first-order chi connectivity index (χ1) is 7.82. The van der Waals surface area contributed by atoms with Gasteiger partial charge in [-0.05, 0) is 41.4 Å². The van der Waals surface area contributed by atoms with Crippen molar-refractivity contribution in [2.45, 2.75) is 59.7 Å². The largest absolute Gasteiger partial charge is 0.368 e. The SMILES string of the molecule is CC1(C)CCC[C@]2(C)C[C@H]3CO[C@H](O)[C@H]3[C@]12C. The Bertz CT molecular complexity index is 338. The smallest absolute Gasteiger partial charge is 0.158 e. The lowest BCUT2D eigenvalue weighted by atomic mass is 9.46. The maximum atomic E-state index is 10.2. The van der Waals surface area contributed by atoms with Gasteiger partial charge in [0.25, 0.3) is 0 Å². The molecule has 0 amide bonds. The molecule has 1 heterocycles. The summed E-state index contributed by atoms with van der Waals surface area (Å²) in [6, 6.07) is 0. The maximum absolute atomic E-state index is 10.2. The highest BCUT2D eigenvalue weighted by Crippen LogP contribution is 2.72. The van der Waals surface area contributed by atoms with Gasteiger partial charge in [-0.2, -0.15) is 0 Å². The Morgan fingerprint density at radius 3 is 2.53 bits per heavy atom. The third-order valence-corrected chi connectivity index (χ3v) is 6.87. The Labute approximate surface area is 105 Å². The fourth-order valence-corrected chi connectivity index (χ4v) is 5.61. The van der Waals surface area contributed by atoms with E-state index in [-0.39, 0.29) is 5.41 Å². The first-order valence-corrected chi connectivity index (χ1v) is 7.12. The van der Waals surface area contributed by atoms with Crippen LogP contribution in [0.1, 0.15) is 53.4 Å². The van der Waals surface area contributed by atoms with E-state index in [0.29, 0.717) is 22.7 Å². The van der Waals surface area contributed by atoms with Gasteiger partial charge < -0.3 is 9.84 Å². The van der Waals surface area contributed by atoms with Crippen LogP contribution < -0.4 is 0 Å². The number of rotatable bonds is 0. The first kappa shape index (κ1) is 12.0. The molecule has 2 heteroatoms. The van der Waals surface area contributed by atoms with Gasteiger partial charge >= 0.3 is 0 Å². The van der Waals surface area contributed by atoms with E-state index in [2.05, 4.69) is 27.7 Å². The molecule has 1 saturated heterocycles. The average Bonchev–Trinajstić information content (AvgIpc) is 2.66. The van der Waals surface area contributed by atoms with E-state index in [1.165, 1.54) is 25.7 Å². The highest BCUT2D eigenvalue weighted by Gasteiger charge is 2.68. The first-order valence-electron chi connectivity index (χ1n) is 7.12. The van der Waals surface area contributed by atoms with E-state index in [9.17, 15) is 5.11 Å². The topological polar surface area (TPSA) is 29.5 Å². The molecule has 5 atom stereocenters. The number of hydrogen-bond donors (Lipinski definition) is 1. The van der Waals surface area contributed by atoms with Gasteiger partial charge in [0.2, 0.25) is 0 Å². The van der Waals surface area contributed by atoms with Crippen LogP contribution in [-0.2, 0) is 4.74 Å². The van der Waals surface area contributed by atoms with Gasteiger partial charge in [0, 0.05) is 5.92 Å². The molecule has 2 saturated carbocycles. The van der Waals surface area contributed by atoms with Crippen molar-refractivity contribution in [1.29, 1.82) is 0 Å². The molecule has 0 aromatic carbocycles. The van der Waals surface area contributed by atoms with Gasteiger partial charge in [0.05, 0.1) is 6.61 Å². The van der Waals surface area contributed by atoms with Crippen molar-refractivity contribution in [3.8, 4) is 0 Å². The number of aliphatic hydroxyl groups is 1. The van der Waals surface area contributed by atoms with Crippen LogP contribution in [0.5, 0.6) is 0 Å². The lowest BCUT2D eigenvalue weighted by Crippen LogP contribution is -2.53. The van der Waals surface area contributed by atoms with E-state index < -0.39 is 6.29 Å². The zero-order valence-corrected chi connectivity index (χ0v) is 11.6. The number of hydrogen-bond acceptors (Lipinski definition) is 2. The normalized spacial score (nSPS) is 56.6. The molecule has 1 aliphatic heterocycles. The molecule has 0 spiro atoms. The molecular formula is C15H26O2. The minimum Gasteiger partial charge on any atom is -0.368 e. The zero-order valence-electron chi connectivity index (χ0n) is 11.6. The summed E-state index contributed by atoms with van der Waals surface area (Å²) in [7, 11) is 0. The zero-order chi connectivity index (χ0) is 12.5. The monoisotopic (exact) mass is 238 g/mol. The van der Waals surface area contributed by atoms with Crippen LogP contribution in [0.2, 0.25) is 0 Å². The van der Waals surface area contributed by atoms with E-state index in [1.54, 1.807) is 0 Å². The summed E-state index contributed by atoms with van der Waals surface area (Å²) in [6.07, 6.45) is 4.68. The van der Waals surface area contributed by atoms with E-state index in [1.807, 2.05) is 0 Å². The van der Waals surface area contributed by atoms with Crippen LogP contribution in [-0.4, -0.2) is 18.0 Å². The third kappa shape index (κ3) is 1.24. The van der Waals surface area contributed by atoms with E-state index >= 15 is 0 Å². The van der Waals surface area contributed by atoms with Crippen molar-refractivity contribution in [3.63, 3.8) is 0 Å². The minimum absolute atomic E-state index is 0.221. The van der Waals surface area contributed by atoms with Gasteiger partial charge in [-0.1, -0.05) is 34.1 Å². The quantitative estimate of drug-likeness (QED) is 0.702. The number of fused-ring (bicyclic) bond motifs is 3. The van der Waals surface area contributed by atoms with Crippen molar-refractivity contribution in [2.75, 3.05) is 6.61 Å². The molecular weight excluding hydrogens is 212 g/mol. The molecule has 2 nitrogen and oxygen atoms in total. The highest BCUT2D eigenvalue weighted by atomic mass is 16.6. The van der Waals surface area contributed by atoms with Gasteiger partial charge in [0.1, 0.15) is 0 Å². The predicted molar refractivity (Wildman–Crippen MR) is 67.4 cm³/mol. The van der Waals surface area contributed by atoms with Crippen LogP contribution in [0.3, 0.4) is 0 Å². The predicted octanol–water partition coefficient (Wildman–Crippen LogP) is 3.19. The lowest BCUT2D eigenvalue weighted by Gasteiger charge is -2.58. The van der Waals surface area contributed by atoms with Gasteiger partial charge in [-0.25, -0.2) is 0 Å². The average molecular weight is 238 g/mol. The van der Waals surface area contributed by atoms with Crippen molar-refractivity contribution in [1.82, 2.24) is 0 Å². The molecule has 98 valence electrons. The van der Waals surface area contributed by atoms with Crippen molar-refractivity contribution >= 4 is 0 Å². The summed E-state index contributed by atoms with van der Waals surface area (Å²) in [5.41, 5.74) is 0.932. The van der Waals surface area contributed by atoms with Crippen molar-refractivity contribution < 1.29 is 9.84 Å². The lowest BCUT2D eigenvalue weighted by molar-refractivity contribution is -0.172.